The summed E-state index contributed by atoms with van der Waals surface area (Å²) in [7, 11) is 1.43. The summed E-state index contributed by atoms with van der Waals surface area (Å²) in [4.78, 5) is 15.2. The van der Waals surface area contributed by atoms with Crippen LogP contribution in [0.4, 0.5) is 0 Å². The fourth-order valence-corrected chi connectivity index (χ4v) is 5.17. The predicted molar refractivity (Wildman–Crippen MR) is 124 cm³/mol. The predicted octanol–water partition coefficient (Wildman–Crippen LogP) is 3.22. The molecular formula is C24H31NO6S. The topological polar surface area (TPSA) is 82.1 Å². The van der Waals surface area contributed by atoms with Crippen LogP contribution in [-0.2, 0) is 16.3 Å². The van der Waals surface area contributed by atoms with Crippen molar-refractivity contribution in [1.29, 1.82) is 0 Å². The second kappa shape index (κ2) is 9.81. The summed E-state index contributed by atoms with van der Waals surface area (Å²) in [6, 6.07) is 13.3. The van der Waals surface area contributed by atoms with Crippen LogP contribution in [-0.4, -0.2) is 65.7 Å². The molecule has 2 aromatic rings. The number of benzene rings is 2. The van der Waals surface area contributed by atoms with Gasteiger partial charge in [0.05, 0.1) is 27.1 Å². The van der Waals surface area contributed by atoms with Gasteiger partial charge < -0.3 is 19.1 Å². The molecule has 2 aromatic carbocycles. The lowest BCUT2D eigenvalue weighted by molar-refractivity contribution is 0.0770. The Hall–Kier alpha value is -2.74. The monoisotopic (exact) mass is 461 g/mol. The molecule has 3 rings (SSSR count). The number of likely N-dealkylation sites (tertiary alicyclic amines) is 1. The van der Waals surface area contributed by atoms with Crippen molar-refractivity contribution < 1.29 is 27.4 Å². The lowest BCUT2D eigenvalue weighted by Gasteiger charge is -2.29. The van der Waals surface area contributed by atoms with Crippen molar-refractivity contribution in [3.8, 4) is 17.2 Å². The Balaban J connectivity index is 1.87. The number of carbonyl (C=O) groups is 1. The molecule has 1 saturated heterocycles. The zero-order valence-electron chi connectivity index (χ0n) is 19.1. The highest BCUT2D eigenvalue weighted by Gasteiger charge is 2.40. The summed E-state index contributed by atoms with van der Waals surface area (Å²) in [6.45, 7) is 1.05. The maximum absolute atomic E-state index is 13.4. The summed E-state index contributed by atoms with van der Waals surface area (Å²) in [5.41, 5.74) is 1.29. The quantitative estimate of drug-likeness (QED) is 0.570. The summed E-state index contributed by atoms with van der Waals surface area (Å²) in [5.74, 6) is 1.23. The minimum absolute atomic E-state index is 0.103. The Bertz CT molecular complexity index is 1030. The highest BCUT2D eigenvalue weighted by atomic mass is 32.2. The van der Waals surface area contributed by atoms with Gasteiger partial charge >= 0.3 is 0 Å². The molecule has 0 saturated carbocycles. The molecule has 174 valence electrons. The molecule has 1 amide bonds. The van der Waals surface area contributed by atoms with Gasteiger partial charge in [-0.1, -0.05) is 30.3 Å². The van der Waals surface area contributed by atoms with Crippen LogP contribution in [0.1, 0.15) is 28.8 Å². The van der Waals surface area contributed by atoms with Crippen LogP contribution in [0.2, 0.25) is 0 Å². The van der Waals surface area contributed by atoms with Gasteiger partial charge in [0.15, 0.2) is 11.5 Å². The van der Waals surface area contributed by atoms with Crippen LogP contribution < -0.4 is 14.2 Å². The summed E-state index contributed by atoms with van der Waals surface area (Å²) < 4.78 is 39.9. The van der Waals surface area contributed by atoms with Crippen molar-refractivity contribution in [2.45, 2.75) is 19.3 Å². The molecule has 0 bridgehead atoms. The fourth-order valence-electron chi connectivity index (χ4n) is 4.36. The minimum Gasteiger partial charge on any atom is -0.493 e. The smallest absolute Gasteiger partial charge is 0.254 e. The van der Waals surface area contributed by atoms with Gasteiger partial charge in [-0.15, -0.1) is 0 Å². The largest absolute Gasteiger partial charge is 0.493 e. The van der Waals surface area contributed by atoms with E-state index in [0.717, 1.165) is 18.4 Å². The van der Waals surface area contributed by atoms with Crippen LogP contribution in [0.15, 0.2) is 42.5 Å². The molecule has 1 atom stereocenters. The van der Waals surface area contributed by atoms with Gasteiger partial charge in [0.2, 0.25) is 5.75 Å². The third kappa shape index (κ3) is 5.54. The first-order valence-corrected chi connectivity index (χ1v) is 12.6. The Morgan fingerprint density at radius 3 is 2.19 bits per heavy atom. The molecule has 0 spiro atoms. The molecule has 0 N–H and O–H groups in total. The molecule has 0 aliphatic carbocycles. The number of carbonyl (C=O) groups excluding carboxylic acids is 1. The Labute approximate surface area is 190 Å². The SMILES string of the molecule is COc1cc(C(=O)N2CCC(CCS(C)(=O)=O)(Cc3ccccc3)C2)cc(OC)c1OC. The van der Waals surface area contributed by atoms with Crippen molar-refractivity contribution in [2.24, 2.45) is 5.41 Å². The maximum Gasteiger partial charge on any atom is 0.254 e. The van der Waals surface area contributed by atoms with E-state index in [2.05, 4.69) is 0 Å². The molecule has 1 aliphatic rings. The molecular weight excluding hydrogens is 430 g/mol. The van der Waals surface area contributed by atoms with E-state index in [4.69, 9.17) is 14.2 Å². The summed E-state index contributed by atoms with van der Waals surface area (Å²) >= 11 is 0. The number of sulfone groups is 1. The first-order chi connectivity index (χ1) is 15.2. The average molecular weight is 462 g/mol. The van der Waals surface area contributed by atoms with Gasteiger partial charge in [-0.05, 0) is 42.4 Å². The van der Waals surface area contributed by atoms with Crippen LogP contribution in [0.25, 0.3) is 0 Å². The van der Waals surface area contributed by atoms with E-state index in [0.29, 0.717) is 42.3 Å². The van der Waals surface area contributed by atoms with Gasteiger partial charge in [-0.2, -0.15) is 0 Å². The first kappa shape index (κ1) is 23.9. The first-order valence-electron chi connectivity index (χ1n) is 10.5. The van der Waals surface area contributed by atoms with E-state index < -0.39 is 9.84 Å². The van der Waals surface area contributed by atoms with E-state index >= 15 is 0 Å². The van der Waals surface area contributed by atoms with Gasteiger partial charge in [0.25, 0.3) is 5.91 Å². The van der Waals surface area contributed by atoms with Gasteiger partial charge in [-0.3, -0.25) is 4.79 Å². The van der Waals surface area contributed by atoms with Gasteiger partial charge in [0, 0.05) is 24.9 Å². The molecule has 7 nitrogen and oxygen atoms in total. The normalized spacial score (nSPS) is 18.4. The number of rotatable bonds is 9. The van der Waals surface area contributed by atoms with Crippen LogP contribution >= 0.6 is 0 Å². The molecule has 1 fully saturated rings. The van der Waals surface area contributed by atoms with Gasteiger partial charge in [0.1, 0.15) is 9.84 Å². The molecule has 1 heterocycles. The molecule has 1 unspecified atom stereocenters. The van der Waals surface area contributed by atoms with Crippen molar-refractivity contribution in [2.75, 3.05) is 46.4 Å². The van der Waals surface area contributed by atoms with Gasteiger partial charge in [-0.25, -0.2) is 8.42 Å². The van der Waals surface area contributed by atoms with Crippen molar-refractivity contribution in [1.82, 2.24) is 4.90 Å². The third-order valence-electron chi connectivity index (χ3n) is 6.06. The maximum atomic E-state index is 13.4. The number of amides is 1. The fraction of sp³-hybridized carbons (Fsp3) is 0.458. The second-order valence-corrected chi connectivity index (χ2v) is 10.7. The number of methoxy groups -OCH3 is 3. The van der Waals surface area contributed by atoms with Crippen molar-refractivity contribution in [3.63, 3.8) is 0 Å². The second-order valence-electron chi connectivity index (χ2n) is 8.43. The van der Waals surface area contributed by atoms with E-state index in [9.17, 15) is 13.2 Å². The van der Waals surface area contributed by atoms with Crippen LogP contribution in [0, 0.1) is 5.41 Å². The Morgan fingerprint density at radius 1 is 1.03 bits per heavy atom. The van der Waals surface area contributed by atoms with E-state index in [-0.39, 0.29) is 17.1 Å². The zero-order chi connectivity index (χ0) is 23.4. The highest BCUT2D eigenvalue weighted by molar-refractivity contribution is 7.90. The number of hydrogen-bond donors (Lipinski definition) is 0. The standard InChI is InChI=1S/C24H31NO6S/c1-29-20-14-19(15-21(30-2)22(20)31-3)23(26)25-12-10-24(17-25,11-13-32(4,27)28)16-18-8-6-5-7-9-18/h5-9,14-15H,10-13,16-17H2,1-4H3. The lowest BCUT2D eigenvalue weighted by atomic mass is 9.78. The number of ether oxygens (including phenoxy) is 3. The Kier molecular flexibility index (Phi) is 7.33. The average Bonchev–Trinajstić information content (AvgIpc) is 3.20. The zero-order valence-corrected chi connectivity index (χ0v) is 19.9. The number of hydrogen-bond acceptors (Lipinski definition) is 6. The van der Waals surface area contributed by atoms with E-state index in [1.165, 1.54) is 27.6 Å². The minimum atomic E-state index is -3.11. The summed E-state index contributed by atoms with van der Waals surface area (Å²) in [6.07, 6.45) is 3.24. The highest BCUT2D eigenvalue weighted by Crippen LogP contribution is 2.41. The Morgan fingerprint density at radius 2 is 1.66 bits per heavy atom. The molecule has 32 heavy (non-hydrogen) atoms. The van der Waals surface area contributed by atoms with E-state index in [1.807, 2.05) is 30.3 Å². The van der Waals surface area contributed by atoms with Crippen molar-refractivity contribution >= 4 is 15.7 Å². The third-order valence-corrected chi connectivity index (χ3v) is 7.01. The number of nitrogens with zero attached hydrogens (tertiary/aromatic N) is 1. The van der Waals surface area contributed by atoms with E-state index in [1.54, 1.807) is 17.0 Å². The van der Waals surface area contributed by atoms with Crippen LogP contribution in [0.5, 0.6) is 17.2 Å². The molecule has 0 radical (unpaired) electrons. The molecule has 1 aliphatic heterocycles. The molecule has 8 heteroatoms. The van der Waals surface area contributed by atoms with Crippen molar-refractivity contribution in [3.05, 3.63) is 53.6 Å². The van der Waals surface area contributed by atoms with Crippen LogP contribution in [0.3, 0.4) is 0 Å². The molecule has 0 aromatic heterocycles. The summed E-state index contributed by atoms with van der Waals surface area (Å²) in [5, 5.41) is 0. The lowest BCUT2D eigenvalue weighted by Crippen LogP contribution is -2.34.